The number of hydrogen-bond donors (Lipinski definition) is 2. The van der Waals surface area contributed by atoms with Crippen molar-refractivity contribution in [2.45, 2.75) is 57.8 Å². The van der Waals surface area contributed by atoms with E-state index in [0.717, 1.165) is 25.8 Å². The summed E-state index contributed by atoms with van der Waals surface area (Å²) in [4.78, 5) is 10.4. The van der Waals surface area contributed by atoms with Crippen LogP contribution in [-0.4, -0.2) is 39.0 Å². The zero-order valence-electron chi connectivity index (χ0n) is 9.63. The van der Waals surface area contributed by atoms with Gasteiger partial charge in [-0.3, -0.25) is 4.79 Å². The van der Waals surface area contributed by atoms with E-state index in [2.05, 4.69) is 0 Å². The van der Waals surface area contributed by atoms with Gasteiger partial charge >= 0.3 is 26.6 Å². The van der Waals surface area contributed by atoms with Crippen molar-refractivity contribution in [3.8, 4) is 0 Å². The topological polar surface area (TPSA) is 69.1 Å². The van der Waals surface area contributed by atoms with Gasteiger partial charge in [0.05, 0.1) is 0 Å². The van der Waals surface area contributed by atoms with Gasteiger partial charge in [0, 0.05) is 6.42 Å². The minimum absolute atomic E-state index is 0. The molecule has 0 radical (unpaired) electrons. The Balaban J connectivity index is 0. The van der Waals surface area contributed by atoms with Crippen LogP contribution >= 0.6 is 0 Å². The molecule has 0 aromatic rings. The van der Waals surface area contributed by atoms with Crippen molar-refractivity contribution in [1.29, 1.82) is 0 Å². The van der Waals surface area contributed by atoms with Crippen LogP contribution in [0.5, 0.6) is 0 Å². The van der Waals surface area contributed by atoms with Crippen molar-refractivity contribution < 1.29 is 4.79 Å². The molecule has 0 atom stereocenters. The number of unbranched alkanes of at least 4 members (excludes halogenated alkanes) is 7. The molecule has 3 nitrogen and oxygen atoms in total. The quantitative estimate of drug-likeness (QED) is 0.528. The molecule has 15 heavy (non-hydrogen) atoms. The summed E-state index contributed by atoms with van der Waals surface area (Å²) in [5, 5.41) is 0. The van der Waals surface area contributed by atoms with Gasteiger partial charge in [-0.25, -0.2) is 0 Å². The van der Waals surface area contributed by atoms with Crippen LogP contribution in [0.4, 0.5) is 0 Å². The summed E-state index contributed by atoms with van der Waals surface area (Å²) in [6.45, 7) is 0.818. The summed E-state index contributed by atoms with van der Waals surface area (Å²) in [6, 6.07) is 0. The van der Waals surface area contributed by atoms with Gasteiger partial charge in [0.2, 0.25) is 5.91 Å². The molecule has 4 N–H and O–H groups in total. The monoisotopic (exact) mass is 411 g/mol. The first kappa shape index (κ1) is 17.7. The Hall–Kier alpha value is 0.326. The zero-order chi connectivity index (χ0) is 10.6. The molecular weight excluding hydrogens is 385 g/mol. The predicted molar refractivity (Wildman–Crippen MR) is 68.3 cm³/mol. The molecule has 0 fully saturated rings. The molecule has 0 spiro atoms. The molecule has 0 aliphatic carbocycles. The number of hydrogen-bond acceptors (Lipinski definition) is 2. The van der Waals surface area contributed by atoms with E-state index in [0.29, 0.717) is 6.42 Å². The van der Waals surface area contributed by atoms with E-state index in [1.807, 2.05) is 0 Å². The second-order valence-corrected chi connectivity index (χ2v) is 3.83. The average molecular weight is 411 g/mol. The molecule has 0 aromatic carbocycles. The number of carbonyl (C=O) groups excluding carboxylic acids is 1. The van der Waals surface area contributed by atoms with Crippen LogP contribution in [0.2, 0.25) is 0 Å². The third-order valence-electron chi connectivity index (χ3n) is 2.38. The normalized spacial score (nSPS) is 9.67. The van der Waals surface area contributed by atoms with Crippen molar-refractivity contribution >= 4 is 32.5 Å². The number of carbonyl (C=O) groups is 1. The Morgan fingerprint density at radius 1 is 0.800 bits per heavy atom. The van der Waals surface area contributed by atoms with E-state index in [1.165, 1.54) is 32.1 Å². The molecule has 0 heterocycles. The standard InChI is InChI=1S/C11H24N2O.Po.2H/c12-10-8-6-4-2-1-3-5-7-9-11(13)14;;;/h1-10,12H2,(H2,13,14);;;. The van der Waals surface area contributed by atoms with Crippen LogP contribution < -0.4 is 11.5 Å². The van der Waals surface area contributed by atoms with Gasteiger partial charge in [-0.2, -0.15) is 0 Å². The van der Waals surface area contributed by atoms with E-state index >= 15 is 0 Å². The molecule has 0 rings (SSSR count). The minimum atomic E-state index is -0.173. The second kappa shape index (κ2) is 14.3. The fourth-order valence-electron chi connectivity index (χ4n) is 1.50. The molecule has 92 valence electrons. The zero-order valence-corrected chi connectivity index (χ0v) is 13.5. The van der Waals surface area contributed by atoms with Gasteiger partial charge in [0.25, 0.3) is 0 Å². The van der Waals surface area contributed by atoms with Gasteiger partial charge in [0.1, 0.15) is 0 Å². The molecule has 0 unspecified atom stereocenters. The van der Waals surface area contributed by atoms with Crippen LogP contribution in [-0.2, 0) is 4.79 Å². The Kier molecular flexibility index (Phi) is 16.9. The molecule has 0 saturated heterocycles. The van der Waals surface area contributed by atoms with Gasteiger partial charge < -0.3 is 11.5 Å². The summed E-state index contributed by atoms with van der Waals surface area (Å²) in [5.41, 5.74) is 10.4. The Morgan fingerprint density at radius 2 is 1.20 bits per heavy atom. The fourth-order valence-corrected chi connectivity index (χ4v) is 1.50. The van der Waals surface area contributed by atoms with Crippen molar-refractivity contribution in [1.82, 2.24) is 0 Å². The van der Waals surface area contributed by atoms with Crippen molar-refractivity contribution in [2.75, 3.05) is 6.54 Å². The number of amides is 1. The Labute approximate surface area is 113 Å². The van der Waals surface area contributed by atoms with Gasteiger partial charge in [0.15, 0.2) is 0 Å². The van der Waals surface area contributed by atoms with E-state index in [-0.39, 0.29) is 32.5 Å². The van der Waals surface area contributed by atoms with Gasteiger partial charge in [-0.1, -0.05) is 38.5 Å². The molecule has 0 aliphatic heterocycles. The van der Waals surface area contributed by atoms with Crippen molar-refractivity contribution in [2.24, 2.45) is 11.5 Å². The van der Waals surface area contributed by atoms with Crippen LogP contribution in [0.1, 0.15) is 57.8 Å². The summed E-state index contributed by atoms with van der Waals surface area (Å²) >= 11 is 0. The first-order valence-electron chi connectivity index (χ1n) is 5.75. The number of nitrogens with two attached hydrogens (primary N) is 2. The SMILES string of the molecule is NCCCCCCCCCCC(N)=O.[PoH2]. The van der Waals surface area contributed by atoms with E-state index in [1.54, 1.807) is 0 Å². The summed E-state index contributed by atoms with van der Waals surface area (Å²) in [7, 11) is 0. The molecule has 0 bridgehead atoms. The van der Waals surface area contributed by atoms with Gasteiger partial charge in [-0.15, -0.1) is 0 Å². The Bertz CT molecular complexity index is 143. The third-order valence-corrected chi connectivity index (χ3v) is 2.38. The first-order chi connectivity index (χ1) is 6.77. The molecule has 4 heteroatoms. The van der Waals surface area contributed by atoms with Crippen LogP contribution in [0.25, 0.3) is 0 Å². The number of primary amides is 1. The predicted octanol–water partition coefficient (Wildman–Crippen LogP) is 1.03. The summed E-state index contributed by atoms with van der Waals surface area (Å²) in [5.74, 6) is -0.173. The average Bonchev–Trinajstić information content (AvgIpc) is 2.15. The van der Waals surface area contributed by atoms with Crippen LogP contribution in [0, 0.1) is 0 Å². The molecular formula is C11H26N2OPo. The van der Waals surface area contributed by atoms with Crippen molar-refractivity contribution in [3.63, 3.8) is 0 Å². The maximum atomic E-state index is 10.4. The van der Waals surface area contributed by atoms with Crippen LogP contribution in [0.3, 0.4) is 0 Å². The third kappa shape index (κ3) is 17.0. The summed E-state index contributed by atoms with van der Waals surface area (Å²) in [6.07, 6.45) is 10.2. The summed E-state index contributed by atoms with van der Waals surface area (Å²) < 4.78 is 0. The van der Waals surface area contributed by atoms with E-state index in [4.69, 9.17) is 11.5 Å². The first-order valence-corrected chi connectivity index (χ1v) is 5.75. The molecule has 0 aromatic heterocycles. The number of rotatable bonds is 10. The Morgan fingerprint density at radius 3 is 1.60 bits per heavy atom. The van der Waals surface area contributed by atoms with E-state index < -0.39 is 0 Å². The fraction of sp³-hybridized carbons (Fsp3) is 0.909. The molecule has 0 aliphatic rings. The second-order valence-electron chi connectivity index (χ2n) is 3.83. The van der Waals surface area contributed by atoms with Gasteiger partial charge in [-0.05, 0) is 19.4 Å². The molecule has 0 saturated carbocycles. The van der Waals surface area contributed by atoms with Crippen LogP contribution in [0.15, 0.2) is 0 Å². The van der Waals surface area contributed by atoms with Crippen molar-refractivity contribution in [3.05, 3.63) is 0 Å². The molecule has 1 amide bonds. The maximum absolute atomic E-state index is 10.4. The van der Waals surface area contributed by atoms with E-state index in [9.17, 15) is 4.79 Å².